The number of carbonyl (C=O) groups excluding carboxylic acids is 1. The highest BCUT2D eigenvalue weighted by Crippen LogP contribution is 2.00. The molecular weight excluding hydrogens is 196 g/mol. The molecule has 15 heavy (non-hydrogen) atoms. The van der Waals surface area contributed by atoms with Crippen LogP contribution in [0.2, 0.25) is 0 Å². The zero-order valence-corrected chi connectivity index (χ0v) is 8.68. The molecule has 82 valence electrons. The largest absolute Gasteiger partial charge is 0.468 e. The molecule has 0 saturated carbocycles. The van der Waals surface area contributed by atoms with Gasteiger partial charge in [-0.3, -0.25) is 4.79 Å². The van der Waals surface area contributed by atoms with Crippen molar-refractivity contribution in [1.29, 1.82) is 0 Å². The van der Waals surface area contributed by atoms with Gasteiger partial charge in [-0.25, -0.2) is 0 Å². The maximum absolute atomic E-state index is 10.9. The molecule has 4 heteroatoms. The third-order valence-electron chi connectivity index (χ3n) is 1.91. The van der Waals surface area contributed by atoms with E-state index in [-0.39, 0.29) is 6.61 Å². The van der Waals surface area contributed by atoms with E-state index in [1.165, 1.54) is 7.11 Å². The minimum absolute atomic E-state index is 0.168. The van der Waals surface area contributed by atoms with Gasteiger partial charge in [0, 0.05) is 0 Å². The van der Waals surface area contributed by atoms with Crippen LogP contribution in [0.3, 0.4) is 0 Å². The Hall–Kier alpha value is -1.39. The van der Waals surface area contributed by atoms with Gasteiger partial charge in [0.05, 0.1) is 20.3 Å². The van der Waals surface area contributed by atoms with Gasteiger partial charge in [0.15, 0.2) is 0 Å². The minimum atomic E-state index is -0.710. The van der Waals surface area contributed by atoms with E-state index in [1.54, 1.807) is 0 Å². The predicted molar refractivity (Wildman–Crippen MR) is 56.1 cm³/mol. The van der Waals surface area contributed by atoms with Crippen LogP contribution in [0.5, 0.6) is 0 Å². The third-order valence-corrected chi connectivity index (χ3v) is 1.91. The molecule has 1 atom stereocenters. The summed E-state index contributed by atoms with van der Waals surface area (Å²) in [5.41, 5.74) is 6.54. The normalized spacial score (nSPS) is 12.1. The molecule has 0 heterocycles. The molecule has 0 saturated heterocycles. The molecule has 0 unspecified atom stereocenters. The van der Waals surface area contributed by atoms with Crippen molar-refractivity contribution < 1.29 is 14.3 Å². The maximum Gasteiger partial charge on any atom is 0.325 e. The fourth-order valence-corrected chi connectivity index (χ4v) is 1.10. The van der Waals surface area contributed by atoms with E-state index in [4.69, 9.17) is 10.5 Å². The first-order valence-corrected chi connectivity index (χ1v) is 4.69. The number of benzene rings is 1. The molecule has 0 amide bonds. The molecule has 1 rings (SSSR count). The first-order chi connectivity index (χ1) is 7.24. The zero-order valence-electron chi connectivity index (χ0n) is 8.68. The second-order valence-electron chi connectivity index (χ2n) is 3.13. The van der Waals surface area contributed by atoms with Gasteiger partial charge in [-0.05, 0) is 5.56 Å². The van der Waals surface area contributed by atoms with Gasteiger partial charge < -0.3 is 15.2 Å². The lowest BCUT2D eigenvalue weighted by molar-refractivity contribution is -0.143. The summed E-state index contributed by atoms with van der Waals surface area (Å²) in [6.45, 7) is 0.618. The fraction of sp³-hybridized carbons (Fsp3) is 0.364. The molecule has 0 fully saturated rings. The number of esters is 1. The van der Waals surface area contributed by atoms with Crippen LogP contribution in [0.15, 0.2) is 30.3 Å². The highest BCUT2D eigenvalue weighted by atomic mass is 18.3. The molecular formula is C11H15NO3. The monoisotopic (exact) mass is 211 g/mol. The van der Waals surface area contributed by atoms with Crippen molar-refractivity contribution in [3.8, 4) is 0 Å². The summed E-state index contributed by atoms with van der Waals surface area (Å²) in [5.74, 6) is -0.455. The first-order valence-electron chi connectivity index (χ1n) is 4.69. The number of hydrogen-bond acceptors (Lipinski definition) is 4. The predicted octanol–water partition coefficient (Wildman–Crippen LogP) is 0.703. The Labute approximate surface area is 89.0 Å². The maximum atomic E-state index is 10.9. The van der Waals surface area contributed by atoms with Gasteiger partial charge in [0.25, 0.3) is 0 Å². The van der Waals surface area contributed by atoms with Gasteiger partial charge in [-0.2, -0.15) is 0 Å². The summed E-state index contributed by atoms with van der Waals surface area (Å²) >= 11 is 0. The van der Waals surface area contributed by atoms with Crippen molar-refractivity contribution in [2.45, 2.75) is 12.6 Å². The second-order valence-corrected chi connectivity index (χ2v) is 3.13. The molecule has 0 spiro atoms. The summed E-state index contributed by atoms with van der Waals surface area (Å²) in [6.07, 6.45) is 0. The number of nitrogens with two attached hydrogens (primary N) is 1. The lowest BCUT2D eigenvalue weighted by atomic mass is 10.2. The first kappa shape index (κ1) is 11.7. The molecule has 2 N–H and O–H groups in total. The van der Waals surface area contributed by atoms with Gasteiger partial charge >= 0.3 is 5.97 Å². The SMILES string of the molecule is COC(=O)[C@@H](N)C[18O]Cc1ccccc1. The molecule has 0 bridgehead atoms. The van der Waals surface area contributed by atoms with Crippen molar-refractivity contribution in [2.75, 3.05) is 13.7 Å². The smallest absolute Gasteiger partial charge is 0.325 e. The summed E-state index contributed by atoms with van der Waals surface area (Å²) in [5, 5.41) is 0. The van der Waals surface area contributed by atoms with Gasteiger partial charge in [0.1, 0.15) is 6.04 Å². The zero-order chi connectivity index (χ0) is 11.1. The van der Waals surface area contributed by atoms with Crippen molar-refractivity contribution in [3.05, 3.63) is 35.9 Å². The van der Waals surface area contributed by atoms with Crippen LogP contribution in [0.4, 0.5) is 0 Å². The van der Waals surface area contributed by atoms with Gasteiger partial charge in [-0.15, -0.1) is 0 Å². The van der Waals surface area contributed by atoms with Crippen molar-refractivity contribution >= 4 is 5.97 Å². The van der Waals surface area contributed by atoms with E-state index in [2.05, 4.69) is 4.74 Å². The van der Waals surface area contributed by atoms with Crippen LogP contribution in [0, 0.1) is 0 Å². The third kappa shape index (κ3) is 4.10. The molecule has 0 aliphatic rings. The highest BCUT2D eigenvalue weighted by Gasteiger charge is 2.13. The summed E-state index contributed by atoms with van der Waals surface area (Å²) < 4.78 is 9.75. The minimum Gasteiger partial charge on any atom is -0.468 e. The average molecular weight is 211 g/mol. The van der Waals surface area contributed by atoms with Crippen molar-refractivity contribution in [2.24, 2.45) is 5.73 Å². The molecule has 1 aromatic rings. The van der Waals surface area contributed by atoms with Crippen LogP contribution in [0.1, 0.15) is 5.56 Å². The van der Waals surface area contributed by atoms with Crippen LogP contribution in [0.25, 0.3) is 0 Å². The topological polar surface area (TPSA) is 61.5 Å². The lowest BCUT2D eigenvalue weighted by Gasteiger charge is -2.09. The molecule has 0 aliphatic carbocycles. The average Bonchev–Trinajstić information content (AvgIpc) is 2.29. The summed E-state index contributed by atoms with van der Waals surface area (Å²) in [4.78, 5) is 10.9. The number of methoxy groups -OCH3 is 1. The Morgan fingerprint density at radius 3 is 2.73 bits per heavy atom. The van der Waals surface area contributed by atoms with Gasteiger partial charge in [-0.1, -0.05) is 30.3 Å². The summed E-state index contributed by atoms with van der Waals surface area (Å²) in [6, 6.07) is 8.98. The number of ether oxygens (including phenoxy) is 2. The van der Waals surface area contributed by atoms with Crippen molar-refractivity contribution in [1.82, 2.24) is 0 Å². The quantitative estimate of drug-likeness (QED) is 0.575. The highest BCUT2D eigenvalue weighted by molar-refractivity contribution is 5.75. The van der Waals surface area contributed by atoms with E-state index in [1.807, 2.05) is 30.3 Å². The molecule has 0 aromatic heterocycles. The molecule has 0 radical (unpaired) electrons. The molecule has 1 aromatic carbocycles. The van der Waals surface area contributed by atoms with E-state index >= 15 is 0 Å². The summed E-state index contributed by atoms with van der Waals surface area (Å²) in [7, 11) is 1.30. The Morgan fingerprint density at radius 1 is 1.47 bits per heavy atom. The number of rotatable bonds is 5. The number of carbonyl (C=O) groups is 1. The lowest BCUT2D eigenvalue weighted by Crippen LogP contribution is -2.36. The van der Waals surface area contributed by atoms with Crippen LogP contribution >= 0.6 is 0 Å². The van der Waals surface area contributed by atoms with E-state index in [0.717, 1.165) is 5.56 Å². The Bertz CT molecular complexity index is 300. The standard InChI is InChI=1S/C11H15NO3/c1-14-11(13)10(12)8-15-7-9-5-3-2-4-6-9/h2-6,10H,7-8,12H2,1H3/t10-/m0/s1/i15+2. The van der Waals surface area contributed by atoms with E-state index < -0.39 is 12.0 Å². The Balaban J connectivity index is 2.25. The van der Waals surface area contributed by atoms with E-state index in [9.17, 15) is 4.79 Å². The van der Waals surface area contributed by atoms with Crippen LogP contribution in [-0.2, 0) is 20.9 Å². The number of hydrogen-bond donors (Lipinski definition) is 1. The Morgan fingerprint density at radius 2 is 2.13 bits per heavy atom. The van der Waals surface area contributed by atoms with E-state index in [0.29, 0.717) is 6.61 Å². The van der Waals surface area contributed by atoms with Crippen molar-refractivity contribution in [3.63, 3.8) is 0 Å². The Kier molecular flexibility index (Phi) is 4.80. The van der Waals surface area contributed by atoms with Crippen LogP contribution in [-0.4, -0.2) is 25.7 Å². The second kappa shape index (κ2) is 6.16. The fourth-order valence-electron chi connectivity index (χ4n) is 1.10. The molecule has 0 aliphatic heterocycles. The van der Waals surface area contributed by atoms with Crippen LogP contribution < -0.4 is 5.73 Å². The van der Waals surface area contributed by atoms with Gasteiger partial charge in [0.2, 0.25) is 0 Å². The molecule has 4 nitrogen and oxygen atoms in total.